The Morgan fingerprint density at radius 1 is 1.53 bits per heavy atom. The molecule has 0 fully saturated rings. The molecule has 0 heterocycles. The molecule has 17 heavy (non-hydrogen) atoms. The summed E-state index contributed by atoms with van der Waals surface area (Å²) in [6.45, 7) is 9.34. The van der Waals surface area contributed by atoms with Gasteiger partial charge in [0.25, 0.3) is 0 Å². The van der Waals surface area contributed by atoms with Crippen molar-refractivity contribution >= 4 is 12.3 Å². The van der Waals surface area contributed by atoms with Gasteiger partial charge in [0.1, 0.15) is 17.3 Å². The molecule has 0 spiro atoms. The fraction of sp³-hybridized carbons (Fsp3) is 0.714. The highest BCUT2D eigenvalue weighted by Gasteiger charge is 2.47. The second kappa shape index (κ2) is 4.63. The van der Waals surface area contributed by atoms with E-state index in [1.165, 1.54) is 0 Å². The van der Waals surface area contributed by atoms with Gasteiger partial charge in [-0.05, 0) is 46.5 Å². The Labute approximate surface area is 103 Å². The molecule has 1 aliphatic carbocycles. The first-order valence-electron chi connectivity index (χ1n) is 6.07. The van der Waals surface area contributed by atoms with Gasteiger partial charge in [0.2, 0.25) is 0 Å². The number of rotatable bonds is 2. The molecule has 3 nitrogen and oxygen atoms in total. The lowest BCUT2D eigenvalue weighted by Gasteiger charge is -2.37. The molecule has 1 rings (SSSR count). The summed E-state index contributed by atoms with van der Waals surface area (Å²) in [6.07, 6.45) is 4.11. The van der Waals surface area contributed by atoms with E-state index in [1.54, 1.807) is 0 Å². The Morgan fingerprint density at radius 2 is 2.12 bits per heavy atom. The van der Waals surface area contributed by atoms with Gasteiger partial charge in [0.05, 0.1) is 0 Å². The summed E-state index contributed by atoms with van der Waals surface area (Å²) in [5.74, 6) is -0.390. The number of esters is 1. The molecule has 3 heteroatoms. The number of allylic oxidation sites excluding steroid dienone is 2. The molecule has 0 radical (unpaired) electrons. The van der Waals surface area contributed by atoms with E-state index in [2.05, 4.69) is 6.08 Å². The number of aldehydes is 1. The molecule has 0 saturated carbocycles. The standard InChI is InChI=1S/C14H22O3/c1-10-6-7-11(2)14(8-10,9-15)12(16)17-13(3,4)5/h6,9,11H,7-8H2,1-5H3/t11-,14-/m0/s1. The maximum atomic E-state index is 12.2. The van der Waals surface area contributed by atoms with Gasteiger partial charge in [0, 0.05) is 0 Å². The quantitative estimate of drug-likeness (QED) is 0.321. The number of hydrogen-bond acceptors (Lipinski definition) is 3. The lowest BCUT2D eigenvalue weighted by atomic mass is 9.68. The van der Waals surface area contributed by atoms with Crippen LogP contribution in [0.25, 0.3) is 0 Å². The largest absolute Gasteiger partial charge is 0.459 e. The van der Waals surface area contributed by atoms with Gasteiger partial charge >= 0.3 is 5.97 Å². The number of hydrogen-bond donors (Lipinski definition) is 0. The normalized spacial score (nSPS) is 29.5. The zero-order chi connectivity index (χ0) is 13.3. The fourth-order valence-corrected chi connectivity index (χ4v) is 2.15. The first-order valence-corrected chi connectivity index (χ1v) is 6.07. The van der Waals surface area contributed by atoms with Crippen LogP contribution in [0.1, 0.15) is 47.5 Å². The fourth-order valence-electron chi connectivity index (χ4n) is 2.15. The van der Waals surface area contributed by atoms with Gasteiger partial charge < -0.3 is 9.53 Å². The Balaban J connectivity index is 3.00. The maximum absolute atomic E-state index is 12.2. The molecule has 0 aromatic heterocycles. The molecule has 2 atom stereocenters. The Hall–Kier alpha value is -1.12. The Morgan fingerprint density at radius 3 is 2.59 bits per heavy atom. The highest BCUT2D eigenvalue weighted by atomic mass is 16.6. The molecule has 0 unspecified atom stereocenters. The Bertz CT molecular complexity index is 349. The summed E-state index contributed by atoms with van der Waals surface area (Å²) in [5.41, 5.74) is -0.463. The van der Waals surface area contributed by atoms with Gasteiger partial charge in [-0.15, -0.1) is 0 Å². The molecular weight excluding hydrogens is 216 g/mol. The van der Waals surface area contributed by atoms with E-state index < -0.39 is 11.0 Å². The molecule has 1 aliphatic rings. The van der Waals surface area contributed by atoms with E-state index in [9.17, 15) is 9.59 Å². The third-order valence-corrected chi connectivity index (χ3v) is 3.26. The number of carbonyl (C=O) groups excluding carboxylic acids is 2. The first-order chi connectivity index (χ1) is 7.71. The van der Waals surface area contributed by atoms with E-state index in [4.69, 9.17) is 4.74 Å². The topological polar surface area (TPSA) is 43.4 Å². The van der Waals surface area contributed by atoms with Gasteiger partial charge in [-0.1, -0.05) is 18.6 Å². The van der Waals surface area contributed by atoms with E-state index in [1.807, 2.05) is 34.6 Å². The minimum Gasteiger partial charge on any atom is -0.459 e. The zero-order valence-corrected chi connectivity index (χ0v) is 11.4. The molecule has 0 N–H and O–H groups in total. The highest BCUT2D eigenvalue weighted by Crippen LogP contribution is 2.41. The van der Waals surface area contributed by atoms with Crippen LogP contribution in [-0.2, 0) is 14.3 Å². The summed E-state index contributed by atoms with van der Waals surface area (Å²) in [4.78, 5) is 23.7. The average Bonchev–Trinajstić information content (AvgIpc) is 2.19. The summed E-state index contributed by atoms with van der Waals surface area (Å²) in [5, 5.41) is 0. The van der Waals surface area contributed by atoms with Gasteiger partial charge in [-0.3, -0.25) is 4.79 Å². The van der Waals surface area contributed by atoms with Crippen molar-refractivity contribution in [3.05, 3.63) is 11.6 Å². The van der Waals surface area contributed by atoms with Crippen LogP contribution >= 0.6 is 0 Å². The van der Waals surface area contributed by atoms with Gasteiger partial charge in [-0.25, -0.2) is 0 Å². The Kier molecular flexibility index (Phi) is 3.80. The average molecular weight is 238 g/mol. The second-order valence-corrected chi connectivity index (χ2v) is 6.02. The van der Waals surface area contributed by atoms with Crippen LogP contribution in [0.2, 0.25) is 0 Å². The summed E-state index contributed by atoms with van der Waals surface area (Å²) in [7, 11) is 0. The van der Waals surface area contributed by atoms with Crippen molar-refractivity contribution in [3.63, 3.8) is 0 Å². The smallest absolute Gasteiger partial charge is 0.320 e. The van der Waals surface area contributed by atoms with Crippen LogP contribution in [0.4, 0.5) is 0 Å². The maximum Gasteiger partial charge on any atom is 0.320 e. The SMILES string of the molecule is CC1=CC[C@H](C)[C@](C=O)(C(=O)OC(C)(C)C)C1. The first kappa shape index (κ1) is 13.9. The van der Waals surface area contributed by atoms with Crippen molar-refractivity contribution in [1.29, 1.82) is 0 Å². The van der Waals surface area contributed by atoms with Crippen LogP contribution in [-0.4, -0.2) is 17.9 Å². The van der Waals surface area contributed by atoms with Gasteiger partial charge in [-0.2, -0.15) is 0 Å². The predicted octanol–water partition coefficient (Wildman–Crippen LogP) is 2.89. The second-order valence-electron chi connectivity index (χ2n) is 6.02. The highest BCUT2D eigenvalue weighted by molar-refractivity contribution is 5.94. The zero-order valence-electron chi connectivity index (χ0n) is 11.4. The van der Waals surface area contributed by atoms with E-state index in [-0.39, 0.29) is 11.9 Å². The number of carbonyl (C=O) groups is 2. The monoisotopic (exact) mass is 238 g/mol. The van der Waals surface area contributed by atoms with Crippen molar-refractivity contribution in [2.45, 2.75) is 53.1 Å². The van der Waals surface area contributed by atoms with E-state index in [0.717, 1.165) is 18.3 Å². The van der Waals surface area contributed by atoms with E-state index in [0.29, 0.717) is 6.42 Å². The molecule has 96 valence electrons. The number of ether oxygens (including phenoxy) is 1. The van der Waals surface area contributed by atoms with Crippen molar-refractivity contribution < 1.29 is 14.3 Å². The molecule has 0 aromatic rings. The van der Waals surface area contributed by atoms with Crippen LogP contribution < -0.4 is 0 Å². The van der Waals surface area contributed by atoms with E-state index >= 15 is 0 Å². The summed E-state index contributed by atoms with van der Waals surface area (Å²) >= 11 is 0. The van der Waals surface area contributed by atoms with Crippen molar-refractivity contribution in [2.75, 3.05) is 0 Å². The van der Waals surface area contributed by atoms with Crippen LogP contribution in [0.15, 0.2) is 11.6 Å². The molecule has 0 aliphatic heterocycles. The van der Waals surface area contributed by atoms with Crippen LogP contribution in [0.5, 0.6) is 0 Å². The third-order valence-electron chi connectivity index (χ3n) is 3.26. The van der Waals surface area contributed by atoms with Crippen molar-refractivity contribution in [2.24, 2.45) is 11.3 Å². The van der Waals surface area contributed by atoms with Crippen LogP contribution in [0, 0.1) is 11.3 Å². The molecule has 0 saturated heterocycles. The molecule has 0 amide bonds. The molecular formula is C14H22O3. The minimum atomic E-state index is -0.994. The summed E-state index contributed by atoms with van der Waals surface area (Å²) in [6, 6.07) is 0. The molecule has 0 bridgehead atoms. The lowest BCUT2D eigenvalue weighted by Crippen LogP contribution is -2.45. The predicted molar refractivity (Wildman–Crippen MR) is 66.5 cm³/mol. The minimum absolute atomic E-state index is 0.00134. The van der Waals surface area contributed by atoms with Crippen molar-refractivity contribution in [3.8, 4) is 0 Å². The van der Waals surface area contributed by atoms with Crippen LogP contribution in [0.3, 0.4) is 0 Å². The third kappa shape index (κ3) is 2.96. The lowest BCUT2D eigenvalue weighted by molar-refractivity contribution is -0.171. The molecule has 0 aromatic carbocycles. The van der Waals surface area contributed by atoms with Gasteiger partial charge in [0.15, 0.2) is 0 Å². The summed E-state index contributed by atoms with van der Waals surface area (Å²) < 4.78 is 5.39. The van der Waals surface area contributed by atoms with Crippen molar-refractivity contribution in [1.82, 2.24) is 0 Å².